The Bertz CT molecular complexity index is 297. The van der Waals surface area contributed by atoms with Crippen LogP contribution in [0.25, 0.3) is 0 Å². The molecule has 2 heterocycles. The normalized spacial score (nSPS) is 23.1. The van der Waals surface area contributed by atoms with Gasteiger partial charge in [0.15, 0.2) is 0 Å². The zero-order valence-corrected chi connectivity index (χ0v) is 9.39. The number of rotatable bonds is 3. The number of aliphatic hydroxyl groups excluding tert-OH is 1. The van der Waals surface area contributed by atoms with Crippen LogP contribution in [0.1, 0.15) is 22.6 Å². The van der Waals surface area contributed by atoms with Gasteiger partial charge in [-0.25, -0.2) is 0 Å². The summed E-state index contributed by atoms with van der Waals surface area (Å²) in [5.41, 5.74) is 0. The third kappa shape index (κ3) is 2.16. The van der Waals surface area contributed by atoms with E-state index in [2.05, 4.69) is 24.0 Å². The third-order valence-corrected chi connectivity index (χ3v) is 3.85. The molecule has 0 aliphatic carbocycles. The zero-order chi connectivity index (χ0) is 9.97. The van der Waals surface area contributed by atoms with Crippen molar-refractivity contribution in [1.82, 2.24) is 4.90 Å². The Morgan fingerprint density at radius 2 is 2.43 bits per heavy atom. The Kier molecular flexibility index (Phi) is 3.21. The number of hydrogen-bond acceptors (Lipinski definition) is 3. The van der Waals surface area contributed by atoms with Gasteiger partial charge in [0.05, 0.1) is 6.61 Å². The maximum absolute atomic E-state index is 9.18. The van der Waals surface area contributed by atoms with E-state index in [1.54, 1.807) is 0 Å². The summed E-state index contributed by atoms with van der Waals surface area (Å²) in [4.78, 5) is 5.19. The van der Waals surface area contributed by atoms with E-state index in [9.17, 15) is 5.11 Å². The minimum absolute atomic E-state index is 0.310. The summed E-state index contributed by atoms with van der Waals surface area (Å²) < 4.78 is 0. The van der Waals surface area contributed by atoms with E-state index in [4.69, 9.17) is 0 Å². The Labute approximate surface area is 89.2 Å². The smallest absolute Gasteiger partial charge is 0.0587 e. The zero-order valence-electron chi connectivity index (χ0n) is 8.57. The van der Waals surface area contributed by atoms with E-state index >= 15 is 0 Å². The minimum atomic E-state index is 0.310. The molecular weight excluding hydrogens is 194 g/mol. The van der Waals surface area contributed by atoms with Gasteiger partial charge >= 0.3 is 0 Å². The molecule has 0 spiro atoms. The second-order valence-electron chi connectivity index (χ2n) is 3.96. The molecule has 2 nitrogen and oxygen atoms in total. The highest BCUT2D eigenvalue weighted by molar-refractivity contribution is 7.11. The number of aryl methyl sites for hydroxylation is 1. The van der Waals surface area contributed by atoms with Gasteiger partial charge in [0, 0.05) is 22.3 Å². The highest BCUT2D eigenvalue weighted by Gasteiger charge is 2.23. The van der Waals surface area contributed by atoms with Crippen LogP contribution in [0.4, 0.5) is 0 Å². The van der Waals surface area contributed by atoms with Crippen molar-refractivity contribution in [2.75, 3.05) is 13.2 Å². The van der Waals surface area contributed by atoms with E-state index in [0.717, 1.165) is 19.5 Å². The molecule has 2 rings (SSSR count). The lowest BCUT2D eigenvalue weighted by atomic mass is 10.2. The maximum Gasteiger partial charge on any atom is 0.0587 e. The van der Waals surface area contributed by atoms with Gasteiger partial charge in [-0.3, -0.25) is 4.90 Å². The number of nitrogens with zero attached hydrogens (tertiary/aromatic N) is 1. The Hall–Kier alpha value is -0.380. The molecule has 14 heavy (non-hydrogen) atoms. The monoisotopic (exact) mass is 211 g/mol. The van der Waals surface area contributed by atoms with Gasteiger partial charge < -0.3 is 5.11 Å². The first-order valence-electron chi connectivity index (χ1n) is 5.20. The van der Waals surface area contributed by atoms with E-state index in [1.165, 1.54) is 16.2 Å². The van der Waals surface area contributed by atoms with E-state index in [-0.39, 0.29) is 0 Å². The van der Waals surface area contributed by atoms with Gasteiger partial charge in [0.25, 0.3) is 0 Å². The van der Waals surface area contributed by atoms with Crippen molar-refractivity contribution in [3.8, 4) is 0 Å². The first-order valence-corrected chi connectivity index (χ1v) is 6.01. The highest BCUT2D eigenvalue weighted by atomic mass is 32.1. The standard InChI is InChI=1S/C11H17NOS/c1-9-4-5-11(14-9)7-12-6-2-3-10(12)8-13/h4-5,10,13H,2-3,6-8H2,1H3. The van der Waals surface area contributed by atoms with Crippen molar-refractivity contribution in [2.24, 2.45) is 0 Å². The van der Waals surface area contributed by atoms with Gasteiger partial charge in [-0.1, -0.05) is 0 Å². The first kappa shape index (κ1) is 10.1. The second kappa shape index (κ2) is 4.43. The molecule has 1 fully saturated rings. The number of hydrogen-bond donors (Lipinski definition) is 1. The van der Waals surface area contributed by atoms with Crippen molar-refractivity contribution in [3.05, 3.63) is 21.9 Å². The third-order valence-electron chi connectivity index (χ3n) is 2.86. The maximum atomic E-state index is 9.18. The molecule has 1 N–H and O–H groups in total. The molecule has 1 atom stereocenters. The van der Waals surface area contributed by atoms with Crippen molar-refractivity contribution >= 4 is 11.3 Å². The molecule has 3 heteroatoms. The Morgan fingerprint density at radius 3 is 3.07 bits per heavy atom. The topological polar surface area (TPSA) is 23.5 Å². The van der Waals surface area contributed by atoms with Crippen LogP contribution in [0.2, 0.25) is 0 Å². The number of likely N-dealkylation sites (tertiary alicyclic amines) is 1. The van der Waals surface area contributed by atoms with Crippen molar-refractivity contribution < 1.29 is 5.11 Å². The van der Waals surface area contributed by atoms with Gasteiger partial charge in [-0.05, 0) is 38.4 Å². The average Bonchev–Trinajstić information content (AvgIpc) is 2.76. The largest absolute Gasteiger partial charge is 0.395 e. The van der Waals surface area contributed by atoms with E-state index in [1.807, 2.05) is 11.3 Å². The average molecular weight is 211 g/mol. The van der Waals surface area contributed by atoms with Crippen LogP contribution >= 0.6 is 11.3 Å². The number of thiophene rings is 1. The lowest BCUT2D eigenvalue weighted by Gasteiger charge is -2.21. The van der Waals surface area contributed by atoms with Crippen LogP contribution in [0, 0.1) is 6.92 Å². The Morgan fingerprint density at radius 1 is 1.57 bits per heavy atom. The predicted octanol–water partition coefficient (Wildman–Crippen LogP) is 2.01. The fraction of sp³-hybridized carbons (Fsp3) is 0.636. The molecular formula is C11H17NOS. The summed E-state index contributed by atoms with van der Waals surface area (Å²) in [7, 11) is 0. The van der Waals surface area contributed by atoms with Gasteiger partial charge in [-0.2, -0.15) is 0 Å². The summed E-state index contributed by atoms with van der Waals surface area (Å²) in [6.07, 6.45) is 2.39. The minimum Gasteiger partial charge on any atom is -0.395 e. The fourth-order valence-corrected chi connectivity index (χ4v) is 3.00. The van der Waals surface area contributed by atoms with Crippen LogP contribution in [-0.2, 0) is 6.54 Å². The molecule has 0 aromatic carbocycles. The predicted molar refractivity (Wildman–Crippen MR) is 59.6 cm³/mol. The van der Waals surface area contributed by atoms with Crippen LogP contribution < -0.4 is 0 Å². The van der Waals surface area contributed by atoms with Crippen LogP contribution in [0.15, 0.2) is 12.1 Å². The summed E-state index contributed by atoms with van der Waals surface area (Å²) in [6, 6.07) is 4.77. The van der Waals surface area contributed by atoms with Crippen molar-refractivity contribution in [1.29, 1.82) is 0 Å². The van der Waals surface area contributed by atoms with Gasteiger partial charge in [-0.15, -0.1) is 11.3 Å². The quantitative estimate of drug-likeness (QED) is 0.826. The molecule has 1 aliphatic rings. The molecule has 1 unspecified atom stereocenters. The number of aliphatic hydroxyl groups is 1. The van der Waals surface area contributed by atoms with Crippen molar-refractivity contribution in [3.63, 3.8) is 0 Å². The van der Waals surface area contributed by atoms with Gasteiger partial charge in [0.1, 0.15) is 0 Å². The van der Waals surface area contributed by atoms with E-state index in [0.29, 0.717) is 12.6 Å². The molecule has 0 saturated carbocycles. The molecule has 1 saturated heterocycles. The SMILES string of the molecule is Cc1ccc(CN2CCCC2CO)s1. The summed E-state index contributed by atoms with van der Waals surface area (Å²) in [6.45, 7) is 4.61. The lowest BCUT2D eigenvalue weighted by molar-refractivity contribution is 0.154. The van der Waals surface area contributed by atoms with Crippen LogP contribution in [0.3, 0.4) is 0 Å². The summed E-state index contributed by atoms with van der Waals surface area (Å²) in [5, 5.41) is 9.18. The fourth-order valence-electron chi connectivity index (χ4n) is 2.08. The van der Waals surface area contributed by atoms with E-state index < -0.39 is 0 Å². The molecule has 78 valence electrons. The molecule has 0 bridgehead atoms. The molecule has 0 amide bonds. The second-order valence-corrected chi connectivity index (χ2v) is 5.33. The highest BCUT2D eigenvalue weighted by Crippen LogP contribution is 2.23. The van der Waals surface area contributed by atoms with Crippen LogP contribution in [-0.4, -0.2) is 29.2 Å². The molecule has 1 aliphatic heterocycles. The van der Waals surface area contributed by atoms with Crippen molar-refractivity contribution in [2.45, 2.75) is 32.4 Å². The van der Waals surface area contributed by atoms with Crippen LogP contribution in [0.5, 0.6) is 0 Å². The Balaban J connectivity index is 1.96. The summed E-state index contributed by atoms with van der Waals surface area (Å²) in [5.74, 6) is 0. The molecule has 1 aromatic rings. The molecule has 0 radical (unpaired) electrons. The first-order chi connectivity index (χ1) is 6.79. The van der Waals surface area contributed by atoms with Gasteiger partial charge in [0.2, 0.25) is 0 Å². The molecule has 1 aromatic heterocycles. The lowest BCUT2D eigenvalue weighted by Crippen LogP contribution is -2.31. The summed E-state index contributed by atoms with van der Waals surface area (Å²) >= 11 is 1.86.